The van der Waals surface area contributed by atoms with Crippen LogP contribution in [0.1, 0.15) is 38.3 Å². The van der Waals surface area contributed by atoms with Gasteiger partial charge in [0.2, 0.25) is 11.8 Å². The van der Waals surface area contributed by atoms with Crippen LogP contribution in [0.25, 0.3) is 0 Å². The minimum absolute atomic E-state index is 0.0112. The highest BCUT2D eigenvalue weighted by Crippen LogP contribution is 2.25. The van der Waals surface area contributed by atoms with Gasteiger partial charge in [0, 0.05) is 37.6 Å². The Kier molecular flexibility index (Phi) is 5.07. The van der Waals surface area contributed by atoms with E-state index in [0.717, 1.165) is 11.3 Å². The molecule has 5 heteroatoms. The molecular formula is C21H25N3O2. The number of aromatic nitrogens is 1. The lowest BCUT2D eigenvalue weighted by Gasteiger charge is -2.19. The van der Waals surface area contributed by atoms with Gasteiger partial charge in [0.25, 0.3) is 0 Å². The standard InChI is InChI=1S/C21H25N3O2/c1-21(2,3)17-6-8-18(9-7-17)23-20(26)16-11-19(25)24(14-16)13-15-5-4-10-22-12-15/h4-10,12,16H,11,13-14H2,1-3H3,(H,23,26). The smallest absolute Gasteiger partial charge is 0.229 e. The normalized spacial score (nSPS) is 17.4. The molecule has 1 aromatic carbocycles. The number of nitrogens with zero attached hydrogens (tertiary/aromatic N) is 2. The molecule has 136 valence electrons. The minimum Gasteiger partial charge on any atom is -0.337 e. The van der Waals surface area contributed by atoms with Crippen LogP contribution in [0.15, 0.2) is 48.8 Å². The molecule has 1 saturated heterocycles. The van der Waals surface area contributed by atoms with Crippen LogP contribution in [0.5, 0.6) is 0 Å². The summed E-state index contributed by atoms with van der Waals surface area (Å²) in [6.07, 6.45) is 3.71. The Hall–Kier alpha value is -2.69. The molecule has 1 aliphatic heterocycles. The molecule has 1 unspecified atom stereocenters. The van der Waals surface area contributed by atoms with Crippen molar-refractivity contribution in [3.8, 4) is 0 Å². The topological polar surface area (TPSA) is 62.3 Å². The van der Waals surface area contributed by atoms with E-state index in [1.165, 1.54) is 5.56 Å². The number of pyridine rings is 1. The molecule has 5 nitrogen and oxygen atoms in total. The summed E-state index contributed by atoms with van der Waals surface area (Å²) in [5.41, 5.74) is 3.03. The summed E-state index contributed by atoms with van der Waals surface area (Å²) in [5, 5.41) is 2.94. The van der Waals surface area contributed by atoms with Crippen molar-refractivity contribution in [1.29, 1.82) is 0 Å². The molecule has 3 rings (SSSR count). The van der Waals surface area contributed by atoms with Gasteiger partial charge < -0.3 is 10.2 Å². The van der Waals surface area contributed by atoms with Crippen LogP contribution in [0.3, 0.4) is 0 Å². The second-order valence-corrected chi connectivity index (χ2v) is 7.85. The summed E-state index contributed by atoms with van der Waals surface area (Å²) in [5.74, 6) is -0.408. The van der Waals surface area contributed by atoms with Gasteiger partial charge in [0.15, 0.2) is 0 Å². The molecule has 1 fully saturated rings. The third-order valence-electron chi connectivity index (χ3n) is 4.70. The van der Waals surface area contributed by atoms with E-state index >= 15 is 0 Å². The maximum atomic E-state index is 12.5. The zero-order valence-corrected chi connectivity index (χ0v) is 15.5. The van der Waals surface area contributed by atoms with Crippen molar-refractivity contribution in [2.75, 3.05) is 11.9 Å². The van der Waals surface area contributed by atoms with Crippen LogP contribution in [-0.2, 0) is 21.5 Å². The van der Waals surface area contributed by atoms with E-state index in [4.69, 9.17) is 0 Å². The molecule has 1 N–H and O–H groups in total. The fourth-order valence-electron chi connectivity index (χ4n) is 3.11. The average molecular weight is 351 g/mol. The Morgan fingerprint density at radius 1 is 1.23 bits per heavy atom. The number of anilines is 1. The lowest BCUT2D eigenvalue weighted by molar-refractivity contribution is -0.128. The van der Waals surface area contributed by atoms with E-state index in [1.54, 1.807) is 17.3 Å². The van der Waals surface area contributed by atoms with Crippen LogP contribution in [0.4, 0.5) is 5.69 Å². The van der Waals surface area contributed by atoms with Crippen LogP contribution in [-0.4, -0.2) is 28.2 Å². The molecule has 1 aromatic heterocycles. The Labute approximate surface area is 154 Å². The molecule has 0 radical (unpaired) electrons. The zero-order valence-electron chi connectivity index (χ0n) is 15.5. The predicted octanol–water partition coefficient (Wildman–Crippen LogP) is 3.37. The molecule has 2 aromatic rings. The molecule has 26 heavy (non-hydrogen) atoms. The van der Waals surface area contributed by atoms with Crippen LogP contribution in [0.2, 0.25) is 0 Å². The quantitative estimate of drug-likeness (QED) is 0.919. The van der Waals surface area contributed by atoms with E-state index in [1.807, 2.05) is 36.4 Å². The summed E-state index contributed by atoms with van der Waals surface area (Å²) >= 11 is 0. The third-order valence-corrected chi connectivity index (χ3v) is 4.70. The Morgan fingerprint density at radius 3 is 2.58 bits per heavy atom. The first kappa shape index (κ1) is 18.1. The largest absolute Gasteiger partial charge is 0.337 e. The molecule has 2 amide bonds. The lowest BCUT2D eigenvalue weighted by atomic mass is 9.87. The van der Waals surface area contributed by atoms with Gasteiger partial charge in [-0.15, -0.1) is 0 Å². The molecule has 2 heterocycles. The highest BCUT2D eigenvalue weighted by molar-refractivity contribution is 5.97. The molecule has 1 aliphatic rings. The van der Waals surface area contributed by atoms with E-state index in [0.29, 0.717) is 13.1 Å². The fraction of sp³-hybridized carbons (Fsp3) is 0.381. The molecule has 0 aliphatic carbocycles. The molecule has 0 saturated carbocycles. The van der Waals surface area contributed by atoms with E-state index in [9.17, 15) is 9.59 Å². The molecular weight excluding hydrogens is 326 g/mol. The summed E-state index contributed by atoms with van der Waals surface area (Å²) in [6, 6.07) is 11.7. The van der Waals surface area contributed by atoms with Gasteiger partial charge in [-0.3, -0.25) is 14.6 Å². The summed E-state index contributed by atoms with van der Waals surface area (Å²) in [6.45, 7) is 7.40. The fourth-order valence-corrected chi connectivity index (χ4v) is 3.11. The number of amides is 2. The number of nitrogens with one attached hydrogen (secondary N) is 1. The first-order chi connectivity index (χ1) is 12.3. The number of carbonyl (C=O) groups is 2. The van der Waals surface area contributed by atoms with Gasteiger partial charge in [0.1, 0.15) is 0 Å². The number of benzene rings is 1. The van der Waals surface area contributed by atoms with Crippen molar-refractivity contribution >= 4 is 17.5 Å². The minimum atomic E-state index is -0.318. The Morgan fingerprint density at radius 2 is 1.96 bits per heavy atom. The van der Waals surface area contributed by atoms with Gasteiger partial charge in [0.05, 0.1) is 5.92 Å². The summed E-state index contributed by atoms with van der Waals surface area (Å²) < 4.78 is 0. The van der Waals surface area contributed by atoms with E-state index in [-0.39, 0.29) is 29.6 Å². The number of likely N-dealkylation sites (tertiary alicyclic amines) is 1. The molecule has 0 spiro atoms. The van der Waals surface area contributed by atoms with Crippen LogP contribution in [0, 0.1) is 5.92 Å². The predicted molar refractivity (Wildman–Crippen MR) is 102 cm³/mol. The Bertz CT molecular complexity index is 779. The van der Waals surface area contributed by atoms with Gasteiger partial charge in [-0.2, -0.15) is 0 Å². The second kappa shape index (κ2) is 7.28. The highest BCUT2D eigenvalue weighted by Gasteiger charge is 2.34. The van der Waals surface area contributed by atoms with Crippen molar-refractivity contribution in [2.24, 2.45) is 5.92 Å². The number of rotatable bonds is 4. The monoisotopic (exact) mass is 351 g/mol. The van der Waals surface area contributed by atoms with Crippen LogP contribution < -0.4 is 5.32 Å². The van der Waals surface area contributed by atoms with E-state index in [2.05, 4.69) is 31.1 Å². The highest BCUT2D eigenvalue weighted by atomic mass is 16.2. The molecule has 0 bridgehead atoms. The first-order valence-electron chi connectivity index (χ1n) is 8.91. The van der Waals surface area contributed by atoms with Crippen molar-refractivity contribution in [3.63, 3.8) is 0 Å². The van der Waals surface area contributed by atoms with Gasteiger partial charge in [-0.1, -0.05) is 39.0 Å². The zero-order chi connectivity index (χ0) is 18.7. The second-order valence-electron chi connectivity index (χ2n) is 7.85. The van der Waals surface area contributed by atoms with E-state index < -0.39 is 0 Å². The SMILES string of the molecule is CC(C)(C)c1ccc(NC(=O)C2CC(=O)N(Cc3cccnc3)C2)cc1. The van der Waals surface area contributed by atoms with Crippen molar-refractivity contribution in [3.05, 3.63) is 59.9 Å². The lowest BCUT2D eigenvalue weighted by Crippen LogP contribution is -2.28. The summed E-state index contributed by atoms with van der Waals surface area (Å²) in [7, 11) is 0. The van der Waals surface area contributed by atoms with Crippen LogP contribution >= 0.6 is 0 Å². The maximum absolute atomic E-state index is 12.5. The van der Waals surface area contributed by atoms with Gasteiger partial charge >= 0.3 is 0 Å². The number of hydrogen-bond acceptors (Lipinski definition) is 3. The number of hydrogen-bond donors (Lipinski definition) is 1. The van der Waals surface area contributed by atoms with Gasteiger partial charge in [-0.05, 0) is 34.7 Å². The van der Waals surface area contributed by atoms with Crippen molar-refractivity contribution in [1.82, 2.24) is 9.88 Å². The van der Waals surface area contributed by atoms with Gasteiger partial charge in [-0.25, -0.2) is 0 Å². The first-order valence-corrected chi connectivity index (χ1v) is 8.91. The Balaban J connectivity index is 1.59. The molecule has 1 atom stereocenters. The third kappa shape index (κ3) is 4.28. The summed E-state index contributed by atoms with van der Waals surface area (Å²) in [4.78, 5) is 30.6. The average Bonchev–Trinajstić information content (AvgIpc) is 2.96. The number of carbonyl (C=O) groups excluding carboxylic acids is 2. The van der Waals surface area contributed by atoms with Crippen molar-refractivity contribution < 1.29 is 9.59 Å². The van der Waals surface area contributed by atoms with Crippen molar-refractivity contribution in [2.45, 2.75) is 39.2 Å². The maximum Gasteiger partial charge on any atom is 0.229 e.